The number of aliphatic hydroxyl groups is 1. The van der Waals surface area contributed by atoms with E-state index in [1.165, 1.54) is 0 Å². The topological polar surface area (TPSA) is 32.7 Å². The quantitative estimate of drug-likeness (QED) is 0.680. The smallest absolute Gasteiger partial charge is 0.0674 e. The fourth-order valence-electron chi connectivity index (χ4n) is 1.99. The molecule has 1 rings (SSSR count). The lowest BCUT2D eigenvalue weighted by atomic mass is 10.1. The maximum Gasteiger partial charge on any atom is 0.0674 e. The molecular weight excluding hydrogens is 178 g/mol. The second-order valence-electron chi connectivity index (χ2n) is 4.13. The molecule has 1 fully saturated rings. The first-order chi connectivity index (χ1) is 6.77. The number of rotatable bonds is 5. The zero-order chi connectivity index (χ0) is 10.4. The van der Waals surface area contributed by atoms with Gasteiger partial charge >= 0.3 is 0 Å². The van der Waals surface area contributed by atoms with Crippen LogP contribution in [0, 0.1) is 0 Å². The first-order valence-corrected chi connectivity index (χ1v) is 5.74. The second kappa shape index (κ2) is 6.38. The first-order valence-electron chi connectivity index (χ1n) is 5.74. The Morgan fingerprint density at radius 2 is 2.21 bits per heavy atom. The fraction of sp³-hybridized carbons (Fsp3) is 1.00. The Bertz CT molecular complexity index is 152. The number of nitrogens with zero attached hydrogens (tertiary/aromatic N) is 1. The largest absolute Gasteiger partial charge is 0.396 e. The Morgan fingerprint density at radius 3 is 2.86 bits per heavy atom. The lowest BCUT2D eigenvalue weighted by Gasteiger charge is -2.38. The van der Waals surface area contributed by atoms with Crippen LogP contribution in [-0.2, 0) is 4.74 Å². The molecule has 1 aliphatic heterocycles. The van der Waals surface area contributed by atoms with Gasteiger partial charge in [-0.05, 0) is 32.7 Å². The SMILES string of the molecule is CCC1COC(C)CN1CCCCO. The van der Waals surface area contributed by atoms with Crippen molar-refractivity contribution in [3.05, 3.63) is 0 Å². The Morgan fingerprint density at radius 1 is 1.43 bits per heavy atom. The van der Waals surface area contributed by atoms with E-state index in [4.69, 9.17) is 9.84 Å². The van der Waals surface area contributed by atoms with Gasteiger partial charge in [0.1, 0.15) is 0 Å². The van der Waals surface area contributed by atoms with Gasteiger partial charge in [0.2, 0.25) is 0 Å². The molecule has 1 saturated heterocycles. The molecule has 0 amide bonds. The van der Waals surface area contributed by atoms with Crippen molar-refractivity contribution in [1.29, 1.82) is 0 Å². The fourth-order valence-corrected chi connectivity index (χ4v) is 1.99. The molecule has 2 unspecified atom stereocenters. The molecule has 84 valence electrons. The lowest BCUT2D eigenvalue weighted by Crippen LogP contribution is -2.48. The van der Waals surface area contributed by atoms with E-state index in [-0.39, 0.29) is 0 Å². The van der Waals surface area contributed by atoms with Crippen LogP contribution in [0.2, 0.25) is 0 Å². The molecule has 0 aromatic heterocycles. The van der Waals surface area contributed by atoms with E-state index < -0.39 is 0 Å². The van der Waals surface area contributed by atoms with E-state index in [0.29, 0.717) is 18.8 Å². The standard InChI is InChI=1S/C11H23NO2/c1-3-11-9-14-10(2)8-12(11)6-4-5-7-13/h10-11,13H,3-9H2,1-2H3. The molecule has 0 aromatic carbocycles. The van der Waals surface area contributed by atoms with Crippen molar-refractivity contribution in [3.8, 4) is 0 Å². The number of hydrogen-bond acceptors (Lipinski definition) is 3. The Balaban J connectivity index is 2.29. The summed E-state index contributed by atoms with van der Waals surface area (Å²) >= 11 is 0. The number of aliphatic hydroxyl groups excluding tert-OH is 1. The molecule has 0 radical (unpaired) electrons. The molecule has 3 nitrogen and oxygen atoms in total. The highest BCUT2D eigenvalue weighted by Crippen LogP contribution is 2.14. The van der Waals surface area contributed by atoms with Crippen LogP contribution in [-0.4, -0.2) is 48.5 Å². The molecule has 3 heteroatoms. The average Bonchev–Trinajstić information content (AvgIpc) is 2.19. The summed E-state index contributed by atoms with van der Waals surface area (Å²) in [5.74, 6) is 0. The highest BCUT2D eigenvalue weighted by atomic mass is 16.5. The van der Waals surface area contributed by atoms with Gasteiger partial charge in [-0.15, -0.1) is 0 Å². The van der Waals surface area contributed by atoms with Crippen LogP contribution < -0.4 is 0 Å². The van der Waals surface area contributed by atoms with Crippen molar-refractivity contribution < 1.29 is 9.84 Å². The maximum absolute atomic E-state index is 8.73. The van der Waals surface area contributed by atoms with Gasteiger partial charge in [0.25, 0.3) is 0 Å². The predicted octanol–water partition coefficient (Wildman–Crippen LogP) is 1.26. The molecule has 0 saturated carbocycles. The highest BCUT2D eigenvalue weighted by Gasteiger charge is 2.24. The summed E-state index contributed by atoms with van der Waals surface area (Å²) < 4.78 is 5.63. The third kappa shape index (κ3) is 3.56. The highest BCUT2D eigenvalue weighted by molar-refractivity contribution is 4.77. The average molecular weight is 201 g/mol. The molecule has 0 bridgehead atoms. The molecule has 1 aliphatic rings. The molecule has 1 heterocycles. The number of hydrogen-bond donors (Lipinski definition) is 1. The third-order valence-electron chi connectivity index (χ3n) is 2.91. The van der Waals surface area contributed by atoms with Gasteiger partial charge in [-0.3, -0.25) is 4.90 Å². The molecule has 0 spiro atoms. The summed E-state index contributed by atoms with van der Waals surface area (Å²) in [6.07, 6.45) is 3.54. The second-order valence-corrected chi connectivity index (χ2v) is 4.13. The molecule has 0 aliphatic carbocycles. The van der Waals surface area contributed by atoms with E-state index >= 15 is 0 Å². The minimum Gasteiger partial charge on any atom is -0.396 e. The monoisotopic (exact) mass is 201 g/mol. The van der Waals surface area contributed by atoms with Gasteiger partial charge in [0.15, 0.2) is 0 Å². The minimum absolute atomic E-state index is 0.316. The molecule has 0 aromatic rings. The Kier molecular flexibility index (Phi) is 5.45. The van der Waals surface area contributed by atoms with Crippen molar-refractivity contribution in [1.82, 2.24) is 4.90 Å². The van der Waals surface area contributed by atoms with Crippen LogP contribution in [0.25, 0.3) is 0 Å². The van der Waals surface area contributed by atoms with Crippen molar-refractivity contribution in [3.63, 3.8) is 0 Å². The van der Waals surface area contributed by atoms with Gasteiger partial charge < -0.3 is 9.84 Å². The van der Waals surface area contributed by atoms with Crippen LogP contribution in [0.1, 0.15) is 33.1 Å². The molecular formula is C11H23NO2. The normalized spacial score (nSPS) is 29.4. The van der Waals surface area contributed by atoms with E-state index in [0.717, 1.165) is 39.0 Å². The van der Waals surface area contributed by atoms with E-state index in [9.17, 15) is 0 Å². The van der Waals surface area contributed by atoms with Crippen LogP contribution in [0.15, 0.2) is 0 Å². The summed E-state index contributed by atoms with van der Waals surface area (Å²) in [7, 11) is 0. The summed E-state index contributed by atoms with van der Waals surface area (Å²) in [5, 5.41) is 8.73. The zero-order valence-electron chi connectivity index (χ0n) is 9.41. The number of ether oxygens (including phenoxy) is 1. The molecule has 2 atom stereocenters. The maximum atomic E-state index is 8.73. The van der Waals surface area contributed by atoms with Crippen molar-refractivity contribution >= 4 is 0 Å². The van der Waals surface area contributed by atoms with Gasteiger partial charge in [-0.25, -0.2) is 0 Å². The zero-order valence-corrected chi connectivity index (χ0v) is 9.41. The lowest BCUT2D eigenvalue weighted by molar-refractivity contribution is -0.0563. The predicted molar refractivity (Wildman–Crippen MR) is 57.4 cm³/mol. The van der Waals surface area contributed by atoms with Gasteiger partial charge in [-0.2, -0.15) is 0 Å². The van der Waals surface area contributed by atoms with E-state index in [1.807, 2.05) is 0 Å². The minimum atomic E-state index is 0.316. The van der Waals surface area contributed by atoms with Crippen LogP contribution >= 0.6 is 0 Å². The van der Waals surface area contributed by atoms with Gasteiger partial charge in [-0.1, -0.05) is 6.92 Å². The summed E-state index contributed by atoms with van der Waals surface area (Å²) in [5.41, 5.74) is 0. The summed E-state index contributed by atoms with van der Waals surface area (Å²) in [6.45, 7) is 7.68. The number of unbranched alkanes of at least 4 members (excludes halogenated alkanes) is 1. The Labute approximate surface area is 87.1 Å². The van der Waals surface area contributed by atoms with Gasteiger partial charge in [0.05, 0.1) is 12.7 Å². The molecule has 1 N–H and O–H groups in total. The van der Waals surface area contributed by atoms with Crippen molar-refractivity contribution in [2.75, 3.05) is 26.3 Å². The van der Waals surface area contributed by atoms with Crippen LogP contribution in [0.5, 0.6) is 0 Å². The van der Waals surface area contributed by atoms with Crippen molar-refractivity contribution in [2.24, 2.45) is 0 Å². The van der Waals surface area contributed by atoms with E-state index in [2.05, 4.69) is 18.7 Å². The van der Waals surface area contributed by atoms with Crippen molar-refractivity contribution in [2.45, 2.75) is 45.3 Å². The number of morpholine rings is 1. The molecule has 14 heavy (non-hydrogen) atoms. The van der Waals surface area contributed by atoms with Gasteiger partial charge in [0, 0.05) is 19.2 Å². The Hall–Kier alpha value is -0.120. The first kappa shape index (κ1) is 12.0. The third-order valence-corrected chi connectivity index (χ3v) is 2.91. The van der Waals surface area contributed by atoms with Crippen LogP contribution in [0.3, 0.4) is 0 Å². The summed E-state index contributed by atoms with van der Waals surface area (Å²) in [4.78, 5) is 2.50. The van der Waals surface area contributed by atoms with Crippen LogP contribution in [0.4, 0.5) is 0 Å². The summed E-state index contributed by atoms with van der Waals surface area (Å²) in [6, 6.07) is 0.588. The van der Waals surface area contributed by atoms with E-state index in [1.54, 1.807) is 0 Å².